The molecule has 0 unspecified atom stereocenters. The Labute approximate surface area is 126 Å². The van der Waals surface area contributed by atoms with Crippen molar-refractivity contribution in [3.8, 4) is 11.5 Å². The van der Waals surface area contributed by atoms with Crippen LogP contribution in [0.15, 0.2) is 45.9 Å². The Balaban J connectivity index is 2.06. The van der Waals surface area contributed by atoms with Crippen LogP contribution in [0.1, 0.15) is 0 Å². The van der Waals surface area contributed by atoms with E-state index in [1.807, 2.05) is 0 Å². The number of fused-ring (bicyclic) bond motifs is 1. The summed E-state index contributed by atoms with van der Waals surface area (Å²) in [5.74, 6) is 0.375. The van der Waals surface area contributed by atoms with Crippen LogP contribution in [-0.2, 0) is 0 Å². The first-order valence-corrected chi connectivity index (χ1v) is 6.74. The molecule has 3 rings (SSSR count). The third-order valence-corrected chi connectivity index (χ3v) is 3.50. The van der Waals surface area contributed by atoms with Crippen LogP contribution in [-0.4, -0.2) is 9.97 Å². The molecule has 2 aromatic carbocycles. The highest BCUT2D eigenvalue weighted by Crippen LogP contribution is 2.31. The molecule has 1 aromatic heterocycles. The first-order valence-electron chi connectivity index (χ1n) is 5.94. The number of nitrogens with two attached hydrogens (primary N) is 1. The van der Waals surface area contributed by atoms with Gasteiger partial charge in [-0.2, -0.15) is 0 Å². The van der Waals surface area contributed by atoms with E-state index in [4.69, 9.17) is 10.5 Å². The average molecular weight is 350 g/mol. The summed E-state index contributed by atoms with van der Waals surface area (Å²) in [7, 11) is 0. The number of halogens is 2. The fraction of sp³-hybridized carbons (Fsp3) is 0. The summed E-state index contributed by atoms with van der Waals surface area (Å²) in [6, 6.07) is 7.31. The molecule has 0 aliphatic rings. The van der Waals surface area contributed by atoms with E-state index in [1.54, 1.807) is 6.07 Å². The summed E-state index contributed by atoms with van der Waals surface area (Å²) in [6.07, 6.45) is 1.30. The SMILES string of the molecule is Nc1cc2c(=O)[nH]cnc2cc1Oc1ccc(F)c(Br)c1. The Kier molecular flexibility index (Phi) is 3.34. The lowest BCUT2D eigenvalue weighted by atomic mass is 10.2. The molecule has 0 atom stereocenters. The monoisotopic (exact) mass is 349 g/mol. The van der Waals surface area contributed by atoms with Gasteiger partial charge >= 0.3 is 0 Å². The summed E-state index contributed by atoms with van der Waals surface area (Å²) in [5.41, 5.74) is 6.36. The van der Waals surface area contributed by atoms with Crippen molar-refractivity contribution in [2.45, 2.75) is 0 Å². The molecular formula is C14H9BrFN3O2. The number of hydrogen-bond donors (Lipinski definition) is 2. The van der Waals surface area contributed by atoms with Gasteiger partial charge in [0.05, 0.1) is 27.4 Å². The second-order valence-electron chi connectivity index (χ2n) is 4.32. The average Bonchev–Trinajstić information content (AvgIpc) is 2.45. The van der Waals surface area contributed by atoms with Crippen LogP contribution < -0.4 is 16.0 Å². The molecule has 0 aliphatic carbocycles. The maximum Gasteiger partial charge on any atom is 0.258 e. The van der Waals surface area contributed by atoms with Crippen LogP contribution in [0.5, 0.6) is 11.5 Å². The molecule has 0 radical (unpaired) electrons. The number of ether oxygens (including phenoxy) is 1. The second kappa shape index (κ2) is 5.17. The van der Waals surface area contributed by atoms with Crippen LogP contribution in [0.25, 0.3) is 10.9 Å². The standard InChI is InChI=1S/C14H9BrFN3O2/c15-9-3-7(1-2-10(9)16)21-13-5-12-8(4-11(13)17)14(20)19-6-18-12/h1-6H,17H2,(H,18,19,20). The molecule has 0 aliphatic heterocycles. The number of nitrogens with one attached hydrogen (secondary N) is 1. The highest BCUT2D eigenvalue weighted by atomic mass is 79.9. The van der Waals surface area contributed by atoms with Gasteiger partial charge in [-0.3, -0.25) is 4.79 Å². The topological polar surface area (TPSA) is 81.0 Å². The Bertz CT molecular complexity index is 895. The van der Waals surface area contributed by atoms with E-state index >= 15 is 0 Å². The molecule has 0 fully saturated rings. The van der Waals surface area contributed by atoms with E-state index in [9.17, 15) is 9.18 Å². The number of anilines is 1. The molecule has 7 heteroatoms. The summed E-state index contributed by atoms with van der Waals surface area (Å²) in [6.45, 7) is 0. The lowest BCUT2D eigenvalue weighted by molar-refractivity contribution is 0.482. The fourth-order valence-corrected chi connectivity index (χ4v) is 2.23. The minimum atomic E-state index is -0.387. The van der Waals surface area contributed by atoms with Gasteiger partial charge in [-0.15, -0.1) is 0 Å². The Morgan fingerprint density at radius 3 is 2.86 bits per heavy atom. The summed E-state index contributed by atoms with van der Waals surface area (Å²) >= 11 is 3.08. The van der Waals surface area contributed by atoms with Crippen molar-refractivity contribution in [2.24, 2.45) is 0 Å². The van der Waals surface area contributed by atoms with Gasteiger partial charge in [-0.25, -0.2) is 9.37 Å². The predicted octanol–water partition coefficient (Wildman–Crippen LogP) is 3.20. The van der Waals surface area contributed by atoms with Crippen LogP contribution in [0, 0.1) is 5.82 Å². The summed E-state index contributed by atoms with van der Waals surface area (Å²) in [5, 5.41) is 0.377. The molecule has 0 bridgehead atoms. The zero-order valence-electron chi connectivity index (χ0n) is 10.6. The number of H-pyrrole nitrogens is 1. The molecule has 0 spiro atoms. The number of hydrogen-bond acceptors (Lipinski definition) is 4. The van der Waals surface area contributed by atoms with Crippen molar-refractivity contribution in [1.29, 1.82) is 0 Å². The lowest BCUT2D eigenvalue weighted by Gasteiger charge is -2.10. The number of rotatable bonds is 2. The molecule has 5 nitrogen and oxygen atoms in total. The van der Waals surface area contributed by atoms with E-state index in [1.165, 1.54) is 30.6 Å². The summed E-state index contributed by atoms with van der Waals surface area (Å²) in [4.78, 5) is 18.2. The Hall–Kier alpha value is -2.41. The third-order valence-electron chi connectivity index (χ3n) is 2.89. The van der Waals surface area contributed by atoms with E-state index in [-0.39, 0.29) is 15.8 Å². The molecule has 3 aromatic rings. The largest absolute Gasteiger partial charge is 0.455 e. The summed E-state index contributed by atoms with van der Waals surface area (Å²) < 4.78 is 19.1. The van der Waals surface area contributed by atoms with Gasteiger partial charge in [0.25, 0.3) is 5.56 Å². The van der Waals surface area contributed by atoms with Crippen LogP contribution in [0.2, 0.25) is 0 Å². The van der Waals surface area contributed by atoms with E-state index < -0.39 is 0 Å². The Morgan fingerprint density at radius 1 is 1.29 bits per heavy atom. The van der Waals surface area contributed by atoms with Crippen molar-refractivity contribution in [2.75, 3.05) is 5.73 Å². The van der Waals surface area contributed by atoms with Crippen molar-refractivity contribution < 1.29 is 9.13 Å². The van der Waals surface area contributed by atoms with Crippen LogP contribution >= 0.6 is 15.9 Å². The van der Waals surface area contributed by atoms with Gasteiger partial charge in [0.1, 0.15) is 11.6 Å². The van der Waals surface area contributed by atoms with Gasteiger partial charge in [-0.05, 0) is 40.2 Å². The zero-order valence-corrected chi connectivity index (χ0v) is 12.1. The zero-order chi connectivity index (χ0) is 15.0. The lowest BCUT2D eigenvalue weighted by Crippen LogP contribution is -2.07. The molecule has 0 saturated heterocycles. The number of nitrogen functional groups attached to an aromatic ring is 1. The van der Waals surface area contributed by atoms with Crippen molar-refractivity contribution in [3.63, 3.8) is 0 Å². The maximum absolute atomic E-state index is 13.2. The van der Waals surface area contributed by atoms with Gasteiger partial charge in [0, 0.05) is 6.07 Å². The van der Waals surface area contributed by atoms with Crippen molar-refractivity contribution in [3.05, 3.63) is 57.3 Å². The van der Waals surface area contributed by atoms with E-state index in [0.717, 1.165) is 0 Å². The third kappa shape index (κ3) is 2.59. The highest BCUT2D eigenvalue weighted by molar-refractivity contribution is 9.10. The first kappa shape index (κ1) is 13.6. The van der Waals surface area contributed by atoms with Gasteiger partial charge in [0.2, 0.25) is 0 Å². The minimum Gasteiger partial charge on any atom is -0.455 e. The Morgan fingerprint density at radius 2 is 2.10 bits per heavy atom. The number of nitrogens with zero attached hydrogens (tertiary/aromatic N) is 1. The van der Waals surface area contributed by atoms with Crippen molar-refractivity contribution >= 4 is 32.5 Å². The quantitative estimate of drug-likeness (QED) is 0.696. The molecular weight excluding hydrogens is 341 g/mol. The molecule has 21 heavy (non-hydrogen) atoms. The predicted molar refractivity (Wildman–Crippen MR) is 81.0 cm³/mol. The van der Waals surface area contributed by atoms with Gasteiger partial charge in [0.15, 0.2) is 5.75 Å². The number of aromatic nitrogens is 2. The first-order chi connectivity index (χ1) is 10.0. The maximum atomic E-state index is 13.2. The molecule has 0 amide bonds. The smallest absolute Gasteiger partial charge is 0.258 e. The van der Waals surface area contributed by atoms with Crippen molar-refractivity contribution in [1.82, 2.24) is 9.97 Å². The highest BCUT2D eigenvalue weighted by Gasteiger charge is 2.09. The fourth-order valence-electron chi connectivity index (χ4n) is 1.87. The second-order valence-corrected chi connectivity index (χ2v) is 5.17. The van der Waals surface area contributed by atoms with E-state index in [0.29, 0.717) is 28.1 Å². The van der Waals surface area contributed by atoms with Gasteiger partial charge < -0.3 is 15.5 Å². The normalized spacial score (nSPS) is 10.8. The molecule has 106 valence electrons. The number of aromatic amines is 1. The van der Waals surface area contributed by atoms with Crippen LogP contribution in [0.4, 0.5) is 10.1 Å². The minimum absolute atomic E-state index is 0.275. The molecule has 0 saturated carbocycles. The number of benzene rings is 2. The van der Waals surface area contributed by atoms with Crippen LogP contribution in [0.3, 0.4) is 0 Å². The van der Waals surface area contributed by atoms with E-state index in [2.05, 4.69) is 25.9 Å². The van der Waals surface area contributed by atoms with Gasteiger partial charge in [-0.1, -0.05) is 0 Å². The molecule has 3 N–H and O–H groups in total. The molecule has 1 heterocycles.